The third-order valence-electron chi connectivity index (χ3n) is 2.86. The number of carbonyl (C=O) groups is 1. The first-order chi connectivity index (χ1) is 8.95. The molecule has 0 heterocycles. The Morgan fingerprint density at radius 2 is 1.85 bits per heavy atom. The molecule has 0 bridgehead atoms. The van der Waals surface area contributed by atoms with E-state index in [0.717, 1.165) is 56.4 Å². The number of allylic oxidation sites excluding steroid dienone is 7. The second-order valence-corrected chi connectivity index (χ2v) is 4.91. The average molecular weight is 290 g/mol. The first-order valence-corrected chi connectivity index (χ1v) is 5.74. The lowest BCUT2D eigenvalue weighted by atomic mass is 9.84. The zero-order valence-corrected chi connectivity index (χ0v) is 10.9. The highest BCUT2D eigenvalue weighted by atomic mass is 19.4. The summed E-state index contributed by atoms with van der Waals surface area (Å²) in [6, 6.07) is 0. The van der Waals surface area contributed by atoms with E-state index in [4.69, 9.17) is 5.11 Å². The van der Waals surface area contributed by atoms with Crippen LogP contribution in [0.3, 0.4) is 0 Å². The van der Waals surface area contributed by atoms with E-state index in [1.807, 2.05) is 0 Å². The fourth-order valence-corrected chi connectivity index (χ4v) is 1.54. The minimum Gasteiger partial charge on any atom is -0.478 e. The molecule has 2 atom stereocenters. The number of aliphatic carboxylic acids is 1. The molecule has 1 aliphatic rings. The summed E-state index contributed by atoms with van der Waals surface area (Å²) >= 11 is 0. The van der Waals surface area contributed by atoms with E-state index in [0.29, 0.717) is 0 Å². The van der Waals surface area contributed by atoms with Crippen LogP contribution in [-0.2, 0) is 4.79 Å². The predicted octanol–water partition coefficient (Wildman–Crippen LogP) is 3.98. The molecule has 0 amide bonds. The molecule has 20 heavy (non-hydrogen) atoms. The van der Waals surface area contributed by atoms with Gasteiger partial charge in [-0.3, -0.25) is 0 Å². The van der Waals surface area contributed by atoms with Crippen molar-refractivity contribution >= 4 is 5.97 Å². The van der Waals surface area contributed by atoms with Gasteiger partial charge in [0.15, 0.2) is 0 Å². The predicted molar refractivity (Wildman–Crippen MR) is 66.8 cm³/mol. The topological polar surface area (TPSA) is 37.3 Å². The van der Waals surface area contributed by atoms with Gasteiger partial charge in [0, 0.05) is 6.08 Å². The molecule has 0 fully saturated rings. The summed E-state index contributed by atoms with van der Waals surface area (Å²) in [6.45, 7) is 2.01. The third-order valence-corrected chi connectivity index (χ3v) is 2.86. The van der Waals surface area contributed by atoms with Crippen LogP contribution < -0.4 is 0 Å². The normalized spacial score (nSPS) is 31.0. The maximum absolute atomic E-state index is 14.1. The zero-order valence-electron chi connectivity index (χ0n) is 10.9. The highest BCUT2D eigenvalue weighted by molar-refractivity contribution is 5.80. The van der Waals surface area contributed by atoms with Gasteiger partial charge < -0.3 is 5.11 Å². The van der Waals surface area contributed by atoms with Crippen LogP contribution in [0.5, 0.6) is 0 Å². The minimum absolute atomic E-state index is 0.0530. The highest BCUT2D eigenvalue weighted by Gasteiger charge is 2.48. The lowest BCUT2D eigenvalue weighted by Crippen LogP contribution is -2.32. The SMILES string of the molecule is CC1(F)C=CC(C)(C(F)(F)F)C=CC(/C=C/C(=O)O)=C1. The molecule has 0 saturated carbocycles. The molecule has 0 spiro atoms. The van der Waals surface area contributed by atoms with Crippen LogP contribution in [0.4, 0.5) is 17.6 Å². The van der Waals surface area contributed by atoms with E-state index in [2.05, 4.69) is 0 Å². The Hall–Kier alpha value is -1.85. The van der Waals surface area contributed by atoms with Gasteiger partial charge in [-0.05, 0) is 37.6 Å². The van der Waals surface area contributed by atoms with E-state index < -0.39 is 23.2 Å². The molecular formula is C14H14F4O2. The molecule has 1 rings (SSSR count). The molecule has 0 aromatic rings. The first kappa shape index (κ1) is 16.2. The molecule has 2 unspecified atom stereocenters. The quantitative estimate of drug-likeness (QED) is 0.474. The minimum atomic E-state index is -4.57. The lowest BCUT2D eigenvalue weighted by Gasteiger charge is -2.28. The van der Waals surface area contributed by atoms with E-state index in [1.165, 1.54) is 0 Å². The van der Waals surface area contributed by atoms with Crippen LogP contribution in [-0.4, -0.2) is 22.9 Å². The summed E-state index contributed by atoms with van der Waals surface area (Å²) in [5, 5.41) is 8.51. The number of carboxylic acids is 1. The maximum Gasteiger partial charge on any atom is 0.400 e. The van der Waals surface area contributed by atoms with E-state index >= 15 is 0 Å². The fraction of sp³-hybridized carbons (Fsp3) is 0.357. The van der Waals surface area contributed by atoms with Gasteiger partial charge >= 0.3 is 12.1 Å². The van der Waals surface area contributed by atoms with Crippen LogP contribution >= 0.6 is 0 Å². The largest absolute Gasteiger partial charge is 0.478 e. The van der Waals surface area contributed by atoms with Gasteiger partial charge in [0.25, 0.3) is 0 Å². The molecule has 0 aliphatic heterocycles. The maximum atomic E-state index is 14.1. The van der Waals surface area contributed by atoms with Crippen molar-refractivity contribution < 1.29 is 27.5 Å². The Morgan fingerprint density at radius 1 is 1.25 bits per heavy atom. The molecule has 1 N–H and O–H groups in total. The van der Waals surface area contributed by atoms with Crippen LogP contribution in [0.15, 0.2) is 48.1 Å². The number of hydrogen-bond acceptors (Lipinski definition) is 1. The fourth-order valence-electron chi connectivity index (χ4n) is 1.54. The summed E-state index contributed by atoms with van der Waals surface area (Å²) in [5.41, 5.74) is -4.36. The molecule has 0 aromatic heterocycles. The monoisotopic (exact) mass is 290 g/mol. The molecule has 0 aromatic carbocycles. The summed E-state index contributed by atoms with van der Waals surface area (Å²) in [6.07, 6.45) is 1.78. The van der Waals surface area contributed by atoms with Crippen molar-refractivity contribution in [2.45, 2.75) is 25.7 Å². The first-order valence-electron chi connectivity index (χ1n) is 5.74. The Bertz CT molecular complexity index is 510. The van der Waals surface area contributed by atoms with Crippen LogP contribution in [0.2, 0.25) is 0 Å². The van der Waals surface area contributed by atoms with Crippen LogP contribution in [0.1, 0.15) is 13.8 Å². The highest BCUT2D eigenvalue weighted by Crippen LogP contribution is 2.42. The molecule has 110 valence electrons. The number of hydrogen-bond donors (Lipinski definition) is 1. The van der Waals surface area contributed by atoms with Crippen molar-refractivity contribution in [2.24, 2.45) is 5.41 Å². The van der Waals surface area contributed by atoms with Crippen LogP contribution in [0, 0.1) is 5.41 Å². The number of rotatable bonds is 2. The van der Waals surface area contributed by atoms with Crippen molar-refractivity contribution in [2.75, 3.05) is 0 Å². The number of alkyl halides is 4. The molecule has 0 radical (unpaired) electrons. The summed E-state index contributed by atoms with van der Waals surface area (Å²) in [7, 11) is 0. The van der Waals surface area contributed by atoms with Crippen molar-refractivity contribution in [1.29, 1.82) is 0 Å². The Morgan fingerprint density at radius 3 is 2.35 bits per heavy atom. The van der Waals surface area contributed by atoms with Gasteiger partial charge in [0.2, 0.25) is 0 Å². The van der Waals surface area contributed by atoms with Gasteiger partial charge in [-0.1, -0.05) is 18.2 Å². The smallest absolute Gasteiger partial charge is 0.400 e. The Balaban J connectivity index is 3.29. The van der Waals surface area contributed by atoms with E-state index in [9.17, 15) is 22.4 Å². The molecular weight excluding hydrogens is 276 g/mol. The second-order valence-electron chi connectivity index (χ2n) is 4.91. The standard InChI is InChI=1S/C14H14F4O2/c1-12(14(16,17)18)6-5-10(3-4-11(19)20)9-13(2,15)8-7-12/h3-9H,1-2H3,(H,19,20)/b4-3+,6-5?,8-7?,10-9?. The Labute approximate surface area is 113 Å². The van der Waals surface area contributed by atoms with Gasteiger partial charge in [0.1, 0.15) is 5.67 Å². The van der Waals surface area contributed by atoms with Crippen LogP contribution in [0.25, 0.3) is 0 Å². The van der Waals surface area contributed by atoms with Gasteiger partial charge in [0.05, 0.1) is 5.41 Å². The number of halogens is 4. The van der Waals surface area contributed by atoms with E-state index in [-0.39, 0.29) is 5.57 Å². The molecule has 0 saturated heterocycles. The molecule has 6 heteroatoms. The van der Waals surface area contributed by atoms with Gasteiger partial charge in [-0.15, -0.1) is 0 Å². The van der Waals surface area contributed by atoms with Crippen molar-refractivity contribution in [3.05, 3.63) is 48.1 Å². The lowest BCUT2D eigenvalue weighted by molar-refractivity contribution is -0.183. The summed E-state index contributed by atoms with van der Waals surface area (Å²) in [5.74, 6) is -1.27. The van der Waals surface area contributed by atoms with Gasteiger partial charge in [-0.2, -0.15) is 13.2 Å². The van der Waals surface area contributed by atoms with Crippen molar-refractivity contribution in [3.8, 4) is 0 Å². The number of carboxylic acid groups (broad SMARTS) is 1. The van der Waals surface area contributed by atoms with Crippen molar-refractivity contribution in [1.82, 2.24) is 0 Å². The summed E-state index contributed by atoms with van der Waals surface area (Å²) in [4.78, 5) is 10.4. The van der Waals surface area contributed by atoms with Gasteiger partial charge in [-0.25, -0.2) is 9.18 Å². The molecule has 1 aliphatic carbocycles. The average Bonchev–Trinajstić information content (AvgIpc) is 2.27. The van der Waals surface area contributed by atoms with E-state index in [1.54, 1.807) is 0 Å². The zero-order chi connectivity index (χ0) is 15.6. The Kier molecular flexibility index (Phi) is 4.27. The summed E-state index contributed by atoms with van der Waals surface area (Å²) < 4.78 is 53.0. The third kappa shape index (κ3) is 4.08. The second kappa shape index (κ2) is 5.26. The molecule has 2 nitrogen and oxygen atoms in total. The van der Waals surface area contributed by atoms with Crippen molar-refractivity contribution in [3.63, 3.8) is 0 Å².